The van der Waals surface area contributed by atoms with Crippen molar-refractivity contribution in [1.29, 1.82) is 0 Å². The van der Waals surface area contributed by atoms with Gasteiger partial charge in [-0.25, -0.2) is 0 Å². The van der Waals surface area contributed by atoms with Gasteiger partial charge in [0.05, 0.1) is 19.3 Å². The van der Waals surface area contributed by atoms with Gasteiger partial charge in [-0.05, 0) is 25.2 Å². The van der Waals surface area contributed by atoms with Crippen LogP contribution >= 0.6 is 0 Å². The lowest BCUT2D eigenvalue weighted by Gasteiger charge is -2.28. The minimum atomic E-state index is -0.261. The van der Waals surface area contributed by atoms with Crippen LogP contribution in [0.15, 0.2) is 0 Å². The molecule has 1 heterocycles. The Kier molecular flexibility index (Phi) is 6.57. The summed E-state index contributed by atoms with van der Waals surface area (Å²) in [4.78, 5) is 0. The zero-order valence-electron chi connectivity index (χ0n) is 12.3. The molecule has 0 aromatic heterocycles. The van der Waals surface area contributed by atoms with Crippen LogP contribution in [0, 0.1) is 5.41 Å². The van der Waals surface area contributed by atoms with Gasteiger partial charge in [0.1, 0.15) is 0 Å². The standard InChI is InChI=1S/C14H30N2O2/c1-11(7-12-10-18-6-5-15-12)16-9-13(17)8-14(2,3)4/h11-13,15-17H,5-10H2,1-4H3. The minimum absolute atomic E-state index is 0.184. The molecule has 1 rings (SSSR count). The van der Waals surface area contributed by atoms with Crippen LogP contribution in [0.25, 0.3) is 0 Å². The molecule has 3 atom stereocenters. The molecule has 1 aliphatic rings. The molecule has 0 saturated carbocycles. The maximum absolute atomic E-state index is 9.94. The Hall–Kier alpha value is -0.160. The lowest BCUT2D eigenvalue weighted by Crippen LogP contribution is -2.46. The smallest absolute Gasteiger partial charge is 0.0669 e. The predicted molar refractivity (Wildman–Crippen MR) is 74.8 cm³/mol. The lowest BCUT2D eigenvalue weighted by atomic mass is 9.89. The molecule has 108 valence electrons. The highest BCUT2D eigenvalue weighted by Gasteiger charge is 2.19. The van der Waals surface area contributed by atoms with E-state index in [2.05, 4.69) is 38.3 Å². The van der Waals surface area contributed by atoms with Crippen molar-refractivity contribution in [2.45, 2.75) is 58.7 Å². The van der Waals surface area contributed by atoms with Crippen LogP contribution in [0.1, 0.15) is 40.5 Å². The molecule has 0 spiro atoms. The first-order chi connectivity index (χ1) is 8.37. The summed E-state index contributed by atoms with van der Waals surface area (Å²) in [6.07, 6.45) is 1.61. The maximum atomic E-state index is 9.94. The van der Waals surface area contributed by atoms with E-state index in [0.29, 0.717) is 18.6 Å². The summed E-state index contributed by atoms with van der Waals surface area (Å²) < 4.78 is 5.43. The molecule has 1 aliphatic heterocycles. The van der Waals surface area contributed by atoms with Gasteiger partial charge in [0.2, 0.25) is 0 Å². The van der Waals surface area contributed by atoms with Gasteiger partial charge in [0, 0.05) is 25.2 Å². The third-order valence-corrected chi connectivity index (χ3v) is 3.19. The summed E-state index contributed by atoms with van der Waals surface area (Å²) in [7, 11) is 0. The molecule has 0 aromatic carbocycles. The van der Waals surface area contributed by atoms with Crippen LogP contribution in [-0.4, -0.2) is 49.6 Å². The highest BCUT2D eigenvalue weighted by Crippen LogP contribution is 2.20. The van der Waals surface area contributed by atoms with Gasteiger partial charge in [-0.3, -0.25) is 0 Å². The highest BCUT2D eigenvalue weighted by atomic mass is 16.5. The average Bonchev–Trinajstić information content (AvgIpc) is 2.25. The molecule has 4 heteroatoms. The first-order valence-corrected chi connectivity index (χ1v) is 7.09. The Morgan fingerprint density at radius 2 is 2.17 bits per heavy atom. The van der Waals surface area contributed by atoms with Gasteiger partial charge in [0.15, 0.2) is 0 Å². The van der Waals surface area contributed by atoms with Gasteiger partial charge >= 0.3 is 0 Å². The van der Waals surface area contributed by atoms with Crippen molar-refractivity contribution in [3.05, 3.63) is 0 Å². The van der Waals surface area contributed by atoms with Crippen molar-refractivity contribution in [2.75, 3.05) is 26.3 Å². The normalized spacial score (nSPS) is 24.8. The van der Waals surface area contributed by atoms with Gasteiger partial charge in [-0.1, -0.05) is 20.8 Å². The van der Waals surface area contributed by atoms with E-state index in [1.165, 1.54) is 0 Å². The molecule has 3 N–H and O–H groups in total. The maximum Gasteiger partial charge on any atom is 0.0669 e. The number of rotatable bonds is 6. The molecule has 3 unspecified atom stereocenters. The zero-order chi connectivity index (χ0) is 13.6. The second kappa shape index (κ2) is 7.43. The fourth-order valence-corrected chi connectivity index (χ4v) is 2.40. The van der Waals surface area contributed by atoms with E-state index >= 15 is 0 Å². The number of hydrogen-bond acceptors (Lipinski definition) is 4. The van der Waals surface area contributed by atoms with E-state index in [4.69, 9.17) is 4.74 Å². The Balaban J connectivity index is 2.13. The van der Waals surface area contributed by atoms with Crippen molar-refractivity contribution in [1.82, 2.24) is 10.6 Å². The first kappa shape index (κ1) is 15.9. The number of aliphatic hydroxyl groups is 1. The van der Waals surface area contributed by atoms with Crippen LogP contribution in [0.4, 0.5) is 0 Å². The number of hydrogen-bond donors (Lipinski definition) is 3. The molecule has 0 radical (unpaired) electrons. The lowest BCUT2D eigenvalue weighted by molar-refractivity contribution is 0.0695. The number of nitrogens with one attached hydrogen (secondary N) is 2. The van der Waals surface area contributed by atoms with Crippen molar-refractivity contribution >= 4 is 0 Å². The molecule has 0 amide bonds. The Morgan fingerprint density at radius 1 is 1.44 bits per heavy atom. The largest absolute Gasteiger partial charge is 0.392 e. The van der Waals surface area contributed by atoms with E-state index in [0.717, 1.165) is 32.6 Å². The van der Waals surface area contributed by atoms with E-state index in [1.807, 2.05) is 0 Å². The predicted octanol–water partition coefficient (Wildman–Crippen LogP) is 1.14. The van der Waals surface area contributed by atoms with Crippen molar-refractivity contribution in [3.8, 4) is 0 Å². The number of aliphatic hydroxyl groups excluding tert-OH is 1. The molecule has 18 heavy (non-hydrogen) atoms. The van der Waals surface area contributed by atoms with Crippen LogP contribution in [-0.2, 0) is 4.74 Å². The molecule has 0 aromatic rings. The third kappa shape index (κ3) is 7.31. The van der Waals surface area contributed by atoms with Crippen molar-refractivity contribution in [2.24, 2.45) is 5.41 Å². The monoisotopic (exact) mass is 258 g/mol. The Morgan fingerprint density at radius 3 is 2.72 bits per heavy atom. The average molecular weight is 258 g/mol. The van der Waals surface area contributed by atoms with E-state index in [-0.39, 0.29) is 11.5 Å². The Labute approximate surface area is 111 Å². The fraction of sp³-hybridized carbons (Fsp3) is 1.00. The van der Waals surface area contributed by atoms with Crippen LogP contribution in [0.3, 0.4) is 0 Å². The number of ether oxygens (including phenoxy) is 1. The molecular weight excluding hydrogens is 228 g/mol. The van der Waals surface area contributed by atoms with Gasteiger partial charge < -0.3 is 20.5 Å². The summed E-state index contributed by atoms with van der Waals surface area (Å²) in [5.41, 5.74) is 0.184. The number of morpholine rings is 1. The molecule has 1 saturated heterocycles. The molecular formula is C14H30N2O2. The second-order valence-electron chi connectivity index (χ2n) is 6.69. The van der Waals surface area contributed by atoms with E-state index in [1.54, 1.807) is 0 Å². The SMILES string of the molecule is CC(CC1COCCN1)NCC(O)CC(C)(C)C. The van der Waals surface area contributed by atoms with E-state index in [9.17, 15) is 5.11 Å². The molecule has 1 fully saturated rings. The van der Waals surface area contributed by atoms with Crippen molar-refractivity contribution in [3.63, 3.8) is 0 Å². The quantitative estimate of drug-likeness (QED) is 0.669. The summed E-state index contributed by atoms with van der Waals surface area (Å²) in [5.74, 6) is 0. The topological polar surface area (TPSA) is 53.5 Å². The van der Waals surface area contributed by atoms with Crippen LogP contribution < -0.4 is 10.6 Å². The summed E-state index contributed by atoms with van der Waals surface area (Å²) in [6.45, 7) is 11.9. The van der Waals surface area contributed by atoms with E-state index < -0.39 is 0 Å². The minimum Gasteiger partial charge on any atom is -0.392 e. The highest BCUT2D eigenvalue weighted by molar-refractivity contribution is 4.77. The summed E-state index contributed by atoms with van der Waals surface area (Å²) in [5, 5.41) is 16.8. The molecule has 0 bridgehead atoms. The fourth-order valence-electron chi connectivity index (χ4n) is 2.40. The van der Waals surface area contributed by atoms with Gasteiger partial charge in [0.25, 0.3) is 0 Å². The first-order valence-electron chi connectivity index (χ1n) is 7.09. The van der Waals surface area contributed by atoms with Crippen LogP contribution in [0.2, 0.25) is 0 Å². The van der Waals surface area contributed by atoms with Gasteiger partial charge in [-0.2, -0.15) is 0 Å². The molecule has 0 aliphatic carbocycles. The summed E-state index contributed by atoms with van der Waals surface area (Å²) >= 11 is 0. The third-order valence-electron chi connectivity index (χ3n) is 3.19. The summed E-state index contributed by atoms with van der Waals surface area (Å²) in [6, 6.07) is 0.847. The zero-order valence-corrected chi connectivity index (χ0v) is 12.3. The second-order valence-corrected chi connectivity index (χ2v) is 6.69. The van der Waals surface area contributed by atoms with Gasteiger partial charge in [-0.15, -0.1) is 0 Å². The Bertz CT molecular complexity index is 222. The van der Waals surface area contributed by atoms with Crippen LogP contribution in [0.5, 0.6) is 0 Å². The van der Waals surface area contributed by atoms with Crippen molar-refractivity contribution < 1.29 is 9.84 Å². The molecule has 4 nitrogen and oxygen atoms in total.